The minimum absolute atomic E-state index is 0.136. The maximum absolute atomic E-state index is 9.88. The topological polar surface area (TPSA) is 53.0 Å². The molecule has 76 valence electrons. The van der Waals surface area contributed by atoms with Crippen LogP contribution in [0.5, 0.6) is 0 Å². The van der Waals surface area contributed by atoms with Gasteiger partial charge in [-0.05, 0) is 25.2 Å². The molecule has 0 aromatic rings. The maximum atomic E-state index is 9.88. The van der Waals surface area contributed by atoms with Gasteiger partial charge >= 0.3 is 0 Å². The first kappa shape index (κ1) is 9.44. The van der Waals surface area contributed by atoms with Gasteiger partial charge in [-0.2, -0.15) is 0 Å². The third-order valence-corrected chi connectivity index (χ3v) is 3.55. The van der Waals surface area contributed by atoms with Crippen molar-refractivity contribution in [1.82, 2.24) is 0 Å². The largest absolute Gasteiger partial charge is 0.390 e. The summed E-state index contributed by atoms with van der Waals surface area (Å²) in [4.78, 5) is 0. The van der Waals surface area contributed by atoms with E-state index in [0.717, 1.165) is 0 Å². The van der Waals surface area contributed by atoms with Crippen molar-refractivity contribution >= 4 is 0 Å². The molecule has 0 aromatic carbocycles. The number of aliphatic hydroxyl groups excluding tert-OH is 1. The third-order valence-electron chi connectivity index (χ3n) is 3.55. The Morgan fingerprint density at radius 2 is 2.08 bits per heavy atom. The van der Waals surface area contributed by atoms with Crippen LogP contribution in [0.4, 0.5) is 0 Å². The fraction of sp³-hybridized carbons (Fsp3) is 1.00. The van der Waals surface area contributed by atoms with E-state index in [-0.39, 0.29) is 12.2 Å². The highest BCUT2D eigenvalue weighted by molar-refractivity contribution is 5.10. The lowest BCUT2D eigenvalue weighted by Crippen LogP contribution is -2.51. The molecule has 0 bridgehead atoms. The second kappa shape index (κ2) is 2.69. The molecule has 1 aliphatic carbocycles. The maximum Gasteiger partial charge on any atom is 0.116 e. The fourth-order valence-electron chi connectivity index (χ4n) is 2.39. The van der Waals surface area contributed by atoms with Gasteiger partial charge in [-0.3, -0.25) is 0 Å². The van der Waals surface area contributed by atoms with Crippen LogP contribution in [0.2, 0.25) is 0 Å². The molecule has 1 saturated heterocycles. The Morgan fingerprint density at radius 1 is 1.46 bits per heavy atom. The van der Waals surface area contributed by atoms with E-state index < -0.39 is 11.7 Å². The van der Waals surface area contributed by atoms with E-state index in [0.29, 0.717) is 18.3 Å². The van der Waals surface area contributed by atoms with Crippen molar-refractivity contribution < 1.29 is 14.9 Å². The highest BCUT2D eigenvalue weighted by Gasteiger charge is 2.62. The van der Waals surface area contributed by atoms with Crippen LogP contribution < -0.4 is 0 Å². The highest BCUT2D eigenvalue weighted by Crippen LogP contribution is 2.48. The quantitative estimate of drug-likeness (QED) is 0.588. The van der Waals surface area contributed by atoms with Gasteiger partial charge in [-0.15, -0.1) is 0 Å². The lowest BCUT2D eigenvalue weighted by molar-refractivity contribution is -0.0950. The molecule has 3 nitrogen and oxygen atoms in total. The highest BCUT2D eigenvalue weighted by atomic mass is 16.6. The van der Waals surface area contributed by atoms with Gasteiger partial charge in [0.25, 0.3) is 0 Å². The fourth-order valence-corrected chi connectivity index (χ4v) is 2.39. The molecular formula is C10H18O3. The molecule has 2 aliphatic rings. The molecule has 2 N–H and O–H groups in total. The lowest BCUT2D eigenvalue weighted by Gasteiger charge is -2.35. The molecule has 1 saturated carbocycles. The second-order valence-corrected chi connectivity index (χ2v) is 4.91. The zero-order chi connectivity index (χ0) is 9.80. The first-order chi connectivity index (χ1) is 5.94. The number of fused-ring (bicyclic) bond motifs is 1. The van der Waals surface area contributed by atoms with Gasteiger partial charge in [0.05, 0.1) is 12.2 Å². The molecule has 2 fully saturated rings. The van der Waals surface area contributed by atoms with Crippen LogP contribution >= 0.6 is 0 Å². The number of hydrogen-bond acceptors (Lipinski definition) is 3. The van der Waals surface area contributed by atoms with E-state index in [1.807, 2.05) is 0 Å². The average molecular weight is 186 g/mol. The molecule has 13 heavy (non-hydrogen) atoms. The van der Waals surface area contributed by atoms with E-state index in [1.165, 1.54) is 0 Å². The molecule has 0 amide bonds. The van der Waals surface area contributed by atoms with Crippen LogP contribution in [0.1, 0.15) is 27.2 Å². The lowest BCUT2D eigenvalue weighted by atomic mass is 9.73. The van der Waals surface area contributed by atoms with Crippen molar-refractivity contribution in [2.24, 2.45) is 11.8 Å². The van der Waals surface area contributed by atoms with Crippen LogP contribution in [0.25, 0.3) is 0 Å². The predicted molar refractivity (Wildman–Crippen MR) is 48.2 cm³/mol. The Bertz CT molecular complexity index is 208. The minimum atomic E-state index is -1.03. The van der Waals surface area contributed by atoms with E-state index >= 15 is 0 Å². The van der Waals surface area contributed by atoms with Crippen molar-refractivity contribution in [1.29, 1.82) is 0 Å². The zero-order valence-electron chi connectivity index (χ0n) is 8.40. The molecular weight excluding hydrogens is 168 g/mol. The SMILES string of the molecule is CC(C)[C@@H]1C[C@@H](O)[C@@](C)(O)[C@H]2O[C@@H]12. The Morgan fingerprint density at radius 3 is 2.62 bits per heavy atom. The number of hydrogen-bond donors (Lipinski definition) is 2. The average Bonchev–Trinajstić information content (AvgIpc) is 2.76. The predicted octanol–water partition coefficient (Wildman–Crippen LogP) is 0.542. The standard InChI is InChI=1S/C10H18O3/c1-5(2)6-4-7(11)10(3,12)9-8(6)13-9/h5-9,11-12H,4H2,1-3H3/t6-,7+,8-,9-,10+/m0/s1. The van der Waals surface area contributed by atoms with Gasteiger partial charge in [0.2, 0.25) is 0 Å². The third kappa shape index (κ3) is 1.30. The number of epoxide rings is 1. The van der Waals surface area contributed by atoms with E-state index in [2.05, 4.69) is 13.8 Å². The van der Waals surface area contributed by atoms with Gasteiger partial charge < -0.3 is 14.9 Å². The van der Waals surface area contributed by atoms with Gasteiger partial charge in [0, 0.05) is 0 Å². The Labute approximate surface area is 78.7 Å². The van der Waals surface area contributed by atoms with Crippen LogP contribution in [-0.4, -0.2) is 34.1 Å². The summed E-state index contributed by atoms with van der Waals surface area (Å²) >= 11 is 0. The summed E-state index contributed by atoms with van der Waals surface area (Å²) in [5, 5.41) is 19.6. The van der Waals surface area contributed by atoms with Crippen LogP contribution in [0.15, 0.2) is 0 Å². The summed E-state index contributed by atoms with van der Waals surface area (Å²) in [6.45, 7) is 5.94. The molecule has 2 rings (SSSR count). The molecule has 1 heterocycles. The number of rotatable bonds is 1. The first-order valence-electron chi connectivity index (χ1n) is 5.00. The Balaban J connectivity index is 2.12. The monoisotopic (exact) mass is 186 g/mol. The first-order valence-corrected chi connectivity index (χ1v) is 5.00. The summed E-state index contributed by atoms with van der Waals surface area (Å²) in [6, 6.07) is 0. The summed E-state index contributed by atoms with van der Waals surface area (Å²) in [6.07, 6.45) is 0.0666. The van der Waals surface area contributed by atoms with Gasteiger partial charge in [0.1, 0.15) is 11.7 Å². The normalized spacial score (nSPS) is 54.9. The van der Waals surface area contributed by atoms with E-state index in [9.17, 15) is 10.2 Å². The van der Waals surface area contributed by atoms with Gasteiger partial charge in [-0.25, -0.2) is 0 Å². The molecule has 3 heteroatoms. The minimum Gasteiger partial charge on any atom is -0.390 e. The summed E-state index contributed by atoms with van der Waals surface area (Å²) < 4.78 is 5.43. The van der Waals surface area contributed by atoms with E-state index in [1.54, 1.807) is 6.92 Å². The number of ether oxygens (including phenoxy) is 1. The van der Waals surface area contributed by atoms with E-state index in [4.69, 9.17) is 4.74 Å². The smallest absolute Gasteiger partial charge is 0.116 e. The summed E-state index contributed by atoms with van der Waals surface area (Å²) in [5.41, 5.74) is -1.03. The van der Waals surface area contributed by atoms with Crippen molar-refractivity contribution in [3.05, 3.63) is 0 Å². The van der Waals surface area contributed by atoms with Gasteiger partial charge in [-0.1, -0.05) is 13.8 Å². The van der Waals surface area contributed by atoms with Crippen molar-refractivity contribution in [3.8, 4) is 0 Å². The van der Waals surface area contributed by atoms with Crippen LogP contribution in [0.3, 0.4) is 0 Å². The summed E-state index contributed by atoms with van der Waals surface area (Å²) in [5.74, 6) is 0.918. The molecule has 0 radical (unpaired) electrons. The second-order valence-electron chi connectivity index (χ2n) is 4.91. The molecule has 5 atom stereocenters. The van der Waals surface area contributed by atoms with Crippen molar-refractivity contribution in [2.45, 2.75) is 51.1 Å². The van der Waals surface area contributed by atoms with Crippen LogP contribution in [0, 0.1) is 11.8 Å². The summed E-state index contributed by atoms with van der Waals surface area (Å²) in [7, 11) is 0. The Hall–Kier alpha value is -0.120. The molecule has 0 aromatic heterocycles. The number of aliphatic hydroxyl groups is 2. The van der Waals surface area contributed by atoms with Gasteiger partial charge in [0.15, 0.2) is 0 Å². The Kier molecular flexibility index (Phi) is 1.95. The molecule has 0 unspecified atom stereocenters. The molecule has 1 aliphatic heterocycles. The zero-order valence-corrected chi connectivity index (χ0v) is 8.40. The van der Waals surface area contributed by atoms with Crippen molar-refractivity contribution in [3.63, 3.8) is 0 Å². The molecule has 0 spiro atoms. The van der Waals surface area contributed by atoms with Crippen molar-refractivity contribution in [2.75, 3.05) is 0 Å². The van der Waals surface area contributed by atoms with Crippen LogP contribution in [-0.2, 0) is 4.74 Å².